The van der Waals surface area contributed by atoms with E-state index in [1.165, 1.54) is 13.8 Å². The molecule has 2 saturated carbocycles. The molecule has 0 radical (unpaired) electrons. The number of fused-ring (bicyclic) bond motifs is 8. The Morgan fingerprint density at radius 2 is 1.64 bits per heavy atom. The van der Waals surface area contributed by atoms with E-state index < -0.39 is 127 Å². The van der Waals surface area contributed by atoms with Crippen LogP contribution in [0, 0.1) is 16.7 Å². The van der Waals surface area contributed by atoms with E-state index in [9.17, 15) is 24.6 Å². The fourth-order valence-electron chi connectivity index (χ4n) is 12.7. The third-order valence-corrected chi connectivity index (χ3v) is 21.7. The maximum Gasteiger partial charge on any atom is 0.408 e. The first-order valence-electron chi connectivity index (χ1n) is 25.0. The molecule has 16 nitrogen and oxygen atoms in total. The minimum absolute atomic E-state index is 0.0573. The number of nitrogens with one attached hydrogen (secondary N) is 1. The van der Waals surface area contributed by atoms with Crippen molar-refractivity contribution in [2.45, 2.75) is 205 Å². The number of amides is 1. The fourth-order valence-corrected chi connectivity index (χ4v) is 15.7. The van der Waals surface area contributed by atoms with Crippen molar-refractivity contribution in [2.75, 3.05) is 26.3 Å². The Labute approximate surface area is 411 Å². The maximum atomic E-state index is 15.7. The van der Waals surface area contributed by atoms with Crippen LogP contribution >= 0.6 is 0 Å². The van der Waals surface area contributed by atoms with Gasteiger partial charge >= 0.3 is 24.0 Å². The SMILES string of the molecule is CC[Si](CC)(CC)O[C@@](C)(C(=O)O[C@H]1C[C@@]2(O)[C@@H](OC(=O)c3ccccc3)[C@H]3[C@@](C)(CC[C@H]4OC[C@]43OC(C)=O)[C@@H]3O[C@H](CN4CC[C@H]4CO)O[C@@H]3C(=C1C)C2(C)C)[C@@H](NC(=O)OC(C)(C)C)C(F)F. The summed E-state index contributed by atoms with van der Waals surface area (Å²) in [6.45, 7) is 21.0. The van der Waals surface area contributed by atoms with Crippen molar-refractivity contribution in [1.29, 1.82) is 0 Å². The number of benzene rings is 1. The molecular weight excluding hydrogens is 931 g/mol. The normalized spacial score (nSPS) is 35.0. The van der Waals surface area contributed by atoms with Gasteiger partial charge in [0.05, 0.1) is 30.8 Å². The van der Waals surface area contributed by atoms with Crippen LogP contribution in [0.15, 0.2) is 41.5 Å². The van der Waals surface area contributed by atoms with E-state index in [4.69, 9.17) is 37.6 Å². The summed E-state index contributed by atoms with van der Waals surface area (Å²) in [7, 11) is -3.00. The molecular formula is C51H76F2N2O14Si. The fraction of sp³-hybridized carbons (Fsp3) is 0.765. The summed E-state index contributed by atoms with van der Waals surface area (Å²) in [6, 6.07) is 7.27. The second-order valence-corrected chi connectivity index (χ2v) is 27.1. The lowest BCUT2D eigenvalue weighted by molar-refractivity contribution is -0.345. The second-order valence-electron chi connectivity index (χ2n) is 22.4. The molecule has 0 unspecified atom stereocenters. The third kappa shape index (κ3) is 9.36. The van der Waals surface area contributed by atoms with Crippen LogP contribution in [-0.2, 0) is 47.2 Å². The average Bonchev–Trinajstić information content (AvgIpc) is 3.69. The number of rotatable bonds is 16. The Morgan fingerprint density at radius 1 is 0.986 bits per heavy atom. The average molecular weight is 1010 g/mol. The Hall–Kier alpha value is -3.56. The van der Waals surface area contributed by atoms with E-state index in [1.54, 1.807) is 71.9 Å². The minimum Gasteiger partial charge on any atom is -0.456 e. The molecule has 5 fully saturated rings. The Balaban J connectivity index is 1.43. The molecule has 70 heavy (non-hydrogen) atoms. The number of esters is 3. The number of likely N-dealkylation sites (tertiary alicyclic amines) is 1. The number of nitrogens with zero attached hydrogens (tertiary/aromatic N) is 1. The molecule has 13 atom stereocenters. The van der Waals surface area contributed by atoms with E-state index in [0.717, 1.165) is 6.42 Å². The molecule has 3 heterocycles. The molecule has 0 aromatic heterocycles. The molecule has 19 heteroatoms. The number of hydrogen-bond acceptors (Lipinski definition) is 15. The van der Waals surface area contributed by atoms with Gasteiger partial charge in [0, 0.05) is 43.3 Å². The van der Waals surface area contributed by atoms with Gasteiger partial charge in [-0.1, -0.05) is 59.7 Å². The molecule has 6 aliphatic rings. The number of aliphatic hydroxyl groups is 2. The summed E-state index contributed by atoms with van der Waals surface area (Å²) in [4.78, 5) is 58.7. The largest absolute Gasteiger partial charge is 0.456 e. The van der Waals surface area contributed by atoms with Crippen LogP contribution < -0.4 is 5.32 Å². The molecule has 1 aromatic rings. The monoisotopic (exact) mass is 1010 g/mol. The van der Waals surface area contributed by atoms with Crippen LogP contribution in [0.5, 0.6) is 0 Å². The van der Waals surface area contributed by atoms with Crippen molar-refractivity contribution in [3.05, 3.63) is 47.0 Å². The van der Waals surface area contributed by atoms with Crippen molar-refractivity contribution < 1.29 is 75.8 Å². The number of carbonyl (C=O) groups excluding carboxylic acids is 4. The first-order chi connectivity index (χ1) is 32.7. The van der Waals surface area contributed by atoms with Crippen molar-refractivity contribution >= 4 is 32.3 Å². The topological polar surface area (TPSA) is 198 Å². The first kappa shape index (κ1) is 54.2. The van der Waals surface area contributed by atoms with Crippen molar-refractivity contribution in [1.82, 2.24) is 10.2 Å². The van der Waals surface area contributed by atoms with Gasteiger partial charge in [-0.2, -0.15) is 0 Å². The van der Waals surface area contributed by atoms with Crippen LogP contribution in [0.4, 0.5) is 13.6 Å². The van der Waals surface area contributed by atoms with Crippen LogP contribution in [-0.4, -0.2) is 151 Å². The molecule has 1 amide bonds. The molecule has 3 aliphatic carbocycles. The Morgan fingerprint density at radius 3 is 2.17 bits per heavy atom. The van der Waals surface area contributed by atoms with Crippen molar-refractivity contribution in [3.63, 3.8) is 0 Å². The van der Waals surface area contributed by atoms with E-state index in [2.05, 4.69) is 10.2 Å². The predicted octanol–water partition coefficient (Wildman–Crippen LogP) is 6.85. The lowest BCUT2D eigenvalue weighted by atomic mass is 9.45. The highest BCUT2D eigenvalue weighted by Gasteiger charge is 2.77. The summed E-state index contributed by atoms with van der Waals surface area (Å²) in [5.41, 5.74) is -8.56. The summed E-state index contributed by atoms with van der Waals surface area (Å²) >= 11 is 0. The number of alkyl carbamates (subject to hydrolysis) is 1. The summed E-state index contributed by atoms with van der Waals surface area (Å²) < 4.78 is 83.4. The highest BCUT2D eigenvalue weighted by Crippen LogP contribution is 2.67. The van der Waals surface area contributed by atoms with Gasteiger partial charge in [0.1, 0.15) is 41.7 Å². The van der Waals surface area contributed by atoms with Crippen LogP contribution in [0.2, 0.25) is 18.1 Å². The molecule has 3 saturated heterocycles. The molecule has 7 rings (SSSR count). The molecule has 0 spiro atoms. The van der Waals surface area contributed by atoms with E-state index >= 15 is 13.6 Å². The van der Waals surface area contributed by atoms with Crippen LogP contribution in [0.25, 0.3) is 0 Å². The smallest absolute Gasteiger partial charge is 0.408 e. The highest BCUT2D eigenvalue weighted by atomic mass is 28.4. The van der Waals surface area contributed by atoms with Crippen molar-refractivity contribution in [3.8, 4) is 0 Å². The van der Waals surface area contributed by atoms with Gasteiger partial charge in [-0.25, -0.2) is 23.2 Å². The highest BCUT2D eigenvalue weighted by molar-refractivity contribution is 6.73. The van der Waals surface area contributed by atoms with Gasteiger partial charge in [0.2, 0.25) is 0 Å². The molecule has 2 bridgehead atoms. The number of aliphatic hydroxyl groups excluding tert-OH is 1. The summed E-state index contributed by atoms with van der Waals surface area (Å²) in [5.74, 6) is -3.65. The number of alkyl halides is 2. The van der Waals surface area contributed by atoms with E-state index in [1.807, 2.05) is 27.7 Å². The van der Waals surface area contributed by atoms with Crippen LogP contribution in [0.3, 0.4) is 0 Å². The molecule has 392 valence electrons. The van der Waals surface area contributed by atoms with Gasteiger partial charge in [0.25, 0.3) is 6.43 Å². The number of halogens is 2. The molecule has 3 N–H and O–H groups in total. The minimum atomic E-state index is -3.35. The molecule has 3 aliphatic heterocycles. The zero-order valence-corrected chi connectivity index (χ0v) is 43.9. The maximum absolute atomic E-state index is 15.7. The van der Waals surface area contributed by atoms with E-state index in [-0.39, 0.29) is 31.4 Å². The number of ether oxygens (including phenoxy) is 7. The zero-order valence-electron chi connectivity index (χ0n) is 42.9. The third-order valence-electron chi connectivity index (χ3n) is 16.9. The van der Waals surface area contributed by atoms with Gasteiger partial charge < -0.3 is 53.1 Å². The summed E-state index contributed by atoms with van der Waals surface area (Å²) in [6.07, 6.45) is -9.60. The van der Waals surface area contributed by atoms with Gasteiger partial charge in [-0.15, -0.1) is 0 Å². The first-order valence-corrected chi connectivity index (χ1v) is 27.6. The molecule has 1 aromatic carbocycles. The van der Waals surface area contributed by atoms with Gasteiger partial charge in [-0.05, 0) is 95.3 Å². The lowest BCUT2D eigenvalue weighted by Crippen LogP contribution is -2.79. The summed E-state index contributed by atoms with van der Waals surface area (Å²) in [5, 5.41) is 26.6. The Kier molecular flexibility index (Phi) is 15.3. The second kappa shape index (κ2) is 19.7. The number of carbonyl (C=O) groups is 4. The quantitative estimate of drug-likeness (QED) is 0.0673. The number of hydrogen-bond donors (Lipinski definition) is 3. The van der Waals surface area contributed by atoms with E-state index in [0.29, 0.717) is 48.7 Å². The van der Waals surface area contributed by atoms with Gasteiger partial charge in [-0.3, -0.25) is 9.69 Å². The standard InChI is InChI=1S/C51H76F2N2O14Si/c1-13-70(14-2,15-3)69-49(12,39(42(52)53)54-45(60)68-46(6,7)8)44(59)63-33-25-51(61)41(66-43(58)31-19-17-16-18-20-31)38-48(11,23-21-34-50(38,28-62-34)67-30(5)57)40-37(36(29(33)4)47(51,9)10)64-35(65-40)26-55-24-22-32(55)27-56/h16-20,32-35,37-42,56,61H,13-15,21-28H2,1-12H3,(H,54,60)/t32-,33-,34+,35+,37+,38-,39-,40+,41-,48+,49+,50-,51+/m0/s1. The predicted molar refractivity (Wildman–Crippen MR) is 253 cm³/mol. The van der Waals surface area contributed by atoms with Gasteiger partial charge in [0.15, 0.2) is 25.8 Å². The lowest BCUT2D eigenvalue weighted by Gasteiger charge is -2.68. The Bertz CT molecular complexity index is 2150. The zero-order chi connectivity index (χ0) is 51.6. The van der Waals surface area contributed by atoms with Crippen LogP contribution in [0.1, 0.15) is 119 Å². The van der Waals surface area contributed by atoms with Crippen molar-refractivity contribution in [2.24, 2.45) is 16.7 Å².